The Morgan fingerprint density at radius 2 is 1.67 bits per heavy atom. The van der Waals surface area contributed by atoms with Crippen LogP contribution in [0, 0.1) is 5.21 Å². The van der Waals surface area contributed by atoms with Crippen LogP contribution in [0.5, 0.6) is 5.75 Å². The smallest absolute Gasteiger partial charge is 0.257 e. The minimum atomic E-state index is -0.128. The Bertz CT molecular complexity index is 1520. The molecule has 0 spiro atoms. The maximum Gasteiger partial charge on any atom is 0.257 e. The molecule has 8 heteroatoms. The van der Waals surface area contributed by atoms with Crippen LogP contribution in [-0.2, 0) is 11.3 Å². The van der Waals surface area contributed by atoms with E-state index in [9.17, 15) is 10.0 Å². The van der Waals surface area contributed by atoms with Crippen LogP contribution in [0.3, 0.4) is 0 Å². The van der Waals surface area contributed by atoms with E-state index in [-0.39, 0.29) is 5.56 Å². The van der Waals surface area contributed by atoms with E-state index in [1.54, 1.807) is 7.11 Å². The zero-order valence-electron chi connectivity index (χ0n) is 20.1. The zero-order valence-corrected chi connectivity index (χ0v) is 20.1. The Labute approximate surface area is 208 Å². The summed E-state index contributed by atoms with van der Waals surface area (Å²) in [5.41, 5.74) is 4.05. The molecule has 0 aliphatic carbocycles. The highest BCUT2D eigenvalue weighted by molar-refractivity contribution is 5.89. The summed E-state index contributed by atoms with van der Waals surface area (Å²) in [6.45, 7) is 3.28. The molecule has 0 unspecified atom stereocenters. The quantitative estimate of drug-likeness (QED) is 0.232. The van der Waals surface area contributed by atoms with Gasteiger partial charge >= 0.3 is 0 Å². The first kappa shape index (κ1) is 23.6. The van der Waals surface area contributed by atoms with Crippen LogP contribution in [0.4, 0.5) is 0 Å². The lowest BCUT2D eigenvalue weighted by molar-refractivity contribution is -0.605. The molecule has 184 valence electrons. The Morgan fingerprint density at radius 1 is 0.889 bits per heavy atom. The molecule has 0 fully saturated rings. The molecular formula is C28H28N4O4. The van der Waals surface area contributed by atoms with Crippen molar-refractivity contribution in [2.24, 2.45) is 0 Å². The fraction of sp³-hybridized carbons (Fsp3) is 0.214. The van der Waals surface area contributed by atoms with Gasteiger partial charge in [0, 0.05) is 55.3 Å². The lowest BCUT2D eigenvalue weighted by Crippen LogP contribution is -2.32. The second-order valence-corrected chi connectivity index (χ2v) is 8.72. The number of pyridine rings is 2. The molecule has 3 heterocycles. The van der Waals surface area contributed by atoms with Crippen LogP contribution in [0.1, 0.15) is 5.56 Å². The van der Waals surface area contributed by atoms with Gasteiger partial charge in [0.1, 0.15) is 12.4 Å². The third-order valence-electron chi connectivity index (χ3n) is 6.20. The maximum atomic E-state index is 12.7. The Balaban J connectivity index is 1.27. The average Bonchev–Trinajstić information content (AvgIpc) is 3.31. The molecule has 2 aromatic carbocycles. The van der Waals surface area contributed by atoms with Crippen LogP contribution < -0.4 is 15.0 Å². The Hall–Kier alpha value is -4.14. The van der Waals surface area contributed by atoms with Gasteiger partial charge < -0.3 is 24.6 Å². The normalized spacial score (nSPS) is 11.5. The fourth-order valence-corrected chi connectivity index (χ4v) is 4.28. The van der Waals surface area contributed by atoms with Crippen molar-refractivity contribution >= 4 is 21.8 Å². The van der Waals surface area contributed by atoms with Crippen LogP contribution in [-0.4, -0.2) is 48.3 Å². The van der Waals surface area contributed by atoms with Gasteiger partial charge in [-0.2, -0.15) is 4.73 Å². The zero-order chi connectivity index (χ0) is 24.9. The molecular weight excluding hydrogens is 456 g/mol. The molecule has 2 N–H and O–H groups in total. The molecule has 0 saturated heterocycles. The Morgan fingerprint density at radius 3 is 2.50 bits per heavy atom. The molecule has 0 atom stereocenters. The highest BCUT2D eigenvalue weighted by Gasteiger charge is 2.11. The van der Waals surface area contributed by atoms with Gasteiger partial charge in [-0.15, -0.1) is 0 Å². The average molecular weight is 485 g/mol. The minimum Gasteiger partial charge on any atom is -0.619 e. The first-order valence-electron chi connectivity index (χ1n) is 11.9. The Kier molecular flexibility index (Phi) is 6.97. The summed E-state index contributed by atoms with van der Waals surface area (Å²) in [6, 6.07) is 21.2. The highest BCUT2D eigenvalue weighted by atomic mass is 16.5. The molecule has 0 saturated carbocycles. The van der Waals surface area contributed by atoms with E-state index in [1.807, 2.05) is 66.7 Å². The van der Waals surface area contributed by atoms with Crippen molar-refractivity contribution < 1.29 is 14.2 Å². The summed E-state index contributed by atoms with van der Waals surface area (Å²) < 4.78 is 12.1. The van der Waals surface area contributed by atoms with E-state index in [2.05, 4.69) is 14.9 Å². The number of methoxy groups -OCH3 is 1. The van der Waals surface area contributed by atoms with E-state index < -0.39 is 0 Å². The van der Waals surface area contributed by atoms with Crippen LogP contribution in [0.25, 0.3) is 33.1 Å². The largest absolute Gasteiger partial charge is 0.619 e. The van der Waals surface area contributed by atoms with Crippen LogP contribution >= 0.6 is 0 Å². The number of rotatable bonds is 10. The fourth-order valence-electron chi connectivity index (χ4n) is 4.28. The summed E-state index contributed by atoms with van der Waals surface area (Å²) in [5, 5.41) is 13.3. The maximum absolute atomic E-state index is 12.7. The van der Waals surface area contributed by atoms with Crippen molar-refractivity contribution in [1.29, 1.82) is 0 Å². The highest BCUT2D eigenvalue weighted by Crippen LogP contribution is 2.27. The van der Waals surface area contributed by atoms with E-state index >= 15 is 0 Å². The summed E-state index contributed by atoms with van der Waals surface area (Å²) in [5.74, 6) is 0.763. The number of aromatic amines is 2. The van der Waals surface area contributed by atoms with E-state index in [0.29, 0.717) is 31.9 Å². The first-order chi connectivity index (χ1) is 17.6. The second kappa shape index (κ2) is 10.6. The number of nitrogens with one attached hydrogen (secondary N) is 2. The van der Waals surface area contributed by atoms with Gasteiger partial charge in [0.25, 0.3) is 5.56 Å². The van der Waals surface area contributed by atoms with Gasteiger partial charge in [0.15, 0.2) is 12.4 Å². The molecule has 5 aromatic rings. The number of H-pyrrole nitrogens is 2. The standard InChI is InChI=1S/C28H28N4O4/c1-35-14-12-31(19-20-8-10-32(34)11-9-20)13-15-36-23-6-7-26-22(16-23)18-27(29-26)24-17-21-4-2-3-5-25(21)30-28(24)33/h2-11,16-18,29H,12-15,19H2,1H3,(H,30,33). The second-order valence-electron chi connectivity index (χ2n) is 8.72. The molecule has 3 aromatic heterocycles. The summed E-state index contributed by atoms with van der Waals surface area (Å²) >= 11 is 0. The summed E-state index contributed by atoms with van der Waals surface area (Å²) in [4.78, 5) is 21.2. The number of hydrogen-bond donors (Lipinski definition) is 2. The summed E-state index contributed by atoms with van der Waals surface area (Å²) in [6.07, 6.45) is 3.01. The topological polar surface area (TPSA) is 97.3 Å². The molecule has 0 aliphatic rings. The van der Waals surface area contributed by atoms with Crippen molar-refractivity contribution in [3.05, 3.63) is 100 Å². The van der Waals surface area contributed by atoms with Crippen molar-refractivity contribution in [2.75, 3.05) is 33.4 Å². The van der Waals surface area contributed by atoms with E-state index in [4.69, 9.17) is 9.47 Å². The third kappa shape index (κ3) is 5.40. The molecule has 5 rings (SSSR count). The number of benzene rings is 2. The SMILES string of the molecule is COCCN(CCOc1ccc2[nH]c(-c3cc4ccccc4[nH]c3=O)cc2c1)Cc1cc[n+]([O-])cc1. The van der Waals surface area contributed by atoms with Crippen molar-refractivity contribution in [1.82, 2.24) is 14.9 Å². The number of para-hydroxylation sites is 1. The minimum absolute atomic E-state index is 0.128. The lowest BCUT2D eigenvalue weighted by atomic mass is 10.1. The third-order valence-corrected chi connectivity index (χ3v) is 6.20. The molecule has 0 amide bonds. The predicted molar refractivity (Wildman–Crippen MR) is 140 cm³/mol. The lowest BCUT2D eigenvalue weighted by Gasteiger charge is -2.22. The van der Waals surface area contributed by atoms with Gasteiger partial charge in [-0.1, -0.05) is 18.2 Å². The molecule has 0 radical (unpaired) electrons. The van der Waals surface area contributed by atoms with E-state index in [1.165, 1.54) is 12.4 Å². The van der Waals surface area contributed by atoms with Gasteiger partial charge in [0.05, 0.1) is 17.9 Å². The van der Waals surface area contributed by atoms with Crippen molar-refractivity contribution in [2.45, 2.75) is 6.54 Å². The number of aromatic nitrogens is 3. The molecule has 0 aliphatic heterocycles. The van der Waals surface area contributed by atoms with Crippen molar-refractivity contribution in [3.8, 4) is 17.0 Å². The van der Waals surface area contributed by atoms with Gasteiger partial charge in [-0.25, -0.2) is 0 Å². The number of hydrogen-bond acceptors (Lipinski definition) is 5. The number of fused-ring (bicyclic) bond motifs is 2. The van der Waals surface area contributed by atoms with Crippen LogP contribution in [0.15, 0.2) is 83.9 Å². The number of ether oxygens (including phenoxy) is 2. The van der Waals surface area contributed by atoms with Gasteiger partial charge in [-0.3, -0.25) is 9.69 Å². The van der Waals surface area contributed by atoms with E-state index in [0.717, 1.165) is 50.1 Å². The first-order valence-corrected chi connectivity index (χ1v) is 11.9. The van der Waals surface area contributed by atoms with Gasteiger partial charge in [0.2, 0.25) is 0 Å². The number of nitrogens with zero attached hydrogens (tertiary/aromatic N) is 2. The summed E-state index contributed by atoms with van der Waals surface area (Å²) in [7, 11) is 1.68. The van der Waals surface area contributed by atoms with Gasteiger partial charge in [-0.05, 0) is 47.3 Å². The van der Waals surface area contributed by atoms with Crippen LogP contribution in [0.2, 0.25) is 0 Å². The van der Waals surface area contributed by atoms with Crippen molar-refractivity contribution in [3.63, 3.8) is 0 Å². The monoisotopic (exact) mass is 484 g/mol. The molecule has 8 nitrogen and oxygen atoms in total. The molecule has 36 heavy (non-hydrogen) atoms. The predicted octanol–water partition coefficient (Wildman–Crippen LogP) is 3.84. The molecule has 0 bridgehead atoms.